The molecule has 0 amide bonds. The fraction of sp³-hybridized carbons (Fsp3) is 0.571. The van der Waals surface area contributed by atoms with Crippen molar-refractivity contribution in [2.75, 3.05) is 11.9 Å². The predicted molar refractivity (Wildman–Crippen MR) is 83.7 cm³/mol. The van der Waals surface area contributed by atoms with Gasteiger partial charge in [0.05, 0.1) is 0 Å². The SMILES string of the molecule is CCCCCCCCNc1ccc(Br)cc1Br. The van der Waals surface area contributed by atoms with Gasteiger partial charge >= 0.3 is 0 Å². The van der Waals surface area contributed by atoms with Crippen LogP contribution in [0.1, 0.15) is 45.4 Å². The maximum absolute atomic E-state index is 3.56. The number of nitrogens with one attached hydrogen (secondary N) is 1. The van der Waals surface area contributed by atoms with Gasteiger partial charge in [-0.1, -0.05) is 55.0 Å². The van der Waals surface area contributed by atoms with E-state index in [9.17, 15) is 0 Å². The zero-order chi connectivity index (χ0) is 12.5. The van der Waals surface area contributed by atoms with Gasteiger partial charge in [-0.3, -0.25) is 0 Å². The Balaban J connectivity index is 2.14. The van der Waals surface area contributed by atoms with Crippen LogP contribution in [0.5, 0.6) is 0 Å². The van der Waals surface area contributed by atoms with Gasteiger partial charge in [-0.2, -0.15) is 0 Å². The van der Waals surface area contributed by atoms with Crippen molar-refractivity contribution in [3.05, 3.63) is 27.1 Å². The lowest BCUT2D eigenvalue weighted by Gasteiger charge is -2.08. The average molecular weight is 363 g/mol. The van der Waals surface area contributed by atoms with E-state index >= 15 is 0 Å². The van der Waals surface area contributed by atoms with Crippen molar-refractivity contribution in [1.82, 2.24) is 0 Å². The first-order valence-electron chi connectivity index (χ1n) is 6.43. The van der Waals surface area contributed by atoms with Crippen molar-refractivity contribution in [3.63, 3.8) is 0 Å². The molecule has 0 aliphatic heterocycles. The molecule has 0 atom stereocenters. The summed E-state index contributed by atoms with van der Waals surface area (Å²) < 4.78 is 2.23. The molecule has 1 aromatic rings. The van der Waals surface area contributed by atoms with Gasteiger partial charge in [0.25, 0.3) is 0 Å². The van der Waals surface area contributed by atoms with Crippen LogP contribution >= 0.6 is 31.9 Å². The van der Waals surface area contributed by atoms with E-state index in [0.717, 1.165) is 15.5 Å². The van der Waals surface area contributed by atoms with Crippen molar-refractivity contribution in [3.8, 4) is 0 Å². The smallest absolute Gasteiger partial charge is 0.0485 e. The van der Waals surface area contributed by atoms with E-state index in [1.807, 2.05) is 0 Å². The van der Waals surface area contributed by atoms with Gasteiger partial charge in [-0.05, 0) is 40.5 Å². The highest BCUT2D eigenvalue weighted by molar-refractivity contribution is 9.11. The first-order chi connectivity index (χ1) is 8.24. The molecule has 0 aliphatic rings. The molecule has 0 aliphatic carbocycles. The lowest BCUT2D eigenvalue weighted by Crippen LogP contribution is -2.01. The number of rotatable bonds is 8. The van der Waals surface area contributed by atoms with Crippen LogP contribution in [0.4, 0.5) is 5.69 Å². The lowest BCUT2D eigenvalue weighted by atomic mass is 10.1. The number of hydrogen-bond donors (Lipinski definition) is 1. The number of halogens is 2. The van der Waals surface area contributed by atoms with E-state index < -0.39 is 0 Å². The van der Waals surface area contributed by atoms with Crippen molar-refractivity contribution >= 4 is 37.5 Å². The number of unbranched alkanes of at least 4 members (excludes halogenated alkanes) is 5. The largest absolute Gasteiger partial charge is 0.384 e. The highest BCUT2D eigenvalue weighted by atomic mass is 79.9. The minimum Gasteiger partial charge on any atom is -0.384 e. The van der Waals surface area contributed by atoms with Crippen molar-refractivity contribution in [1.29, 1.82) is 0 Å². The molecule has 0 radical (unpaired) electrons. The van der Waals surface area contributed by atoms with Crippen LogP contribution in [0.25, 0.3) is 0 Å². The third kappa shape index (κ3) is 6.46. The molecule has 96 valence electrons. The van der Waals surface area contributed by atoms with Gasteiger partial charge in [0.2, 0.25) is 0 Å². The summed E-state index contributed by atoms with van der Waals surface area (Å²) in [6.45, 7) is 3.32. The Morgan fingerprint density at radius 1 is 1.00 bits per heavy atom. The van der Waals surface area contributed by atoms with Gasteiger partial charge in [-0.25, -0.2) is 0 Å². The number of benzene rings is 1. The van der Waals surface area contributed by atoms with E-state index in [2.05, 4.69) is 62.3 Å². The second-order valence-electron chi connectivity index (χ2n) is 4.32. The molecule has 0 bridgehead atoms. The molecule has 0 saturated heterocycles. The molecule has 0 heterocycles. The van der Waals surface area contributed by atoms with Crippen molar-refractivity contribution in [2.24, 2.45) is 0 Å². The highest BCUT2D eigenvalue weighted by Crippen LogP contribution is 2.26. The van der Waals surface area contributed by atoms with Gasteiger partial charge in [0.15, 0.2) is 0 Å². The van der Waals surface area contributed by atoms with Crippen LogP contribution < -0.4 is 5.32 Å². The lowest BCUT2D eigenvalue weighted by molar-refractivity contribution is 0.617. The summed E-state index contributed by atoms with van der Waals surface area (Å²) in [6.07, 6.45) is 8.05. The third-order valence-corrected chi connectivity index (χ3v) is 3.93. The molecule has 0 saturated carbocycles. The van der Waals surface area contributed by atoms with E-state index in [1.165, 1.54) is 44.2 Å². The highest BCUT2D eigenvalue weighted by Gasteiger charge is 1.99. The molecule has 1 nitrogen and oxygen atoms in total. The molecule has 1 aromatic carbocycles. The molecule has 0 unspecified atom stereocenters. The third-order valence-electron chi connectivity index (χ3n) is 2.78. The van der Waals surface area contributed by atoms with Crippen LogP contribution in [0, 0.1) is 0 Å². The Morgan fingerprint density at radius 3 is 2.41 bits per heavy atom. The molecule has 1 N–H and O–H groups in total. The average Bonchev–Trinajstić information content (AvgIpc) is 2.30. The van der Waals surface area contributed by atoms with Gasteiger partial charge in [0.1, 0.15) is 0 Å². The molecular formula is C14H21Br2N. The van der Waals surface area contributed by atoms with Crippen LogP contribution in [0.3, 0.4) is 0 Å². The summed E-state index contributed by atoms with van der Waals surface area (Å²) in [7, 11) is 0. The summed E-state index contributed by atoms with van der Waals surface area (Å²) in [5.41, 5.74) is 1.18. The van der Waals surface area contributed by atoms with Crippen LogP contribution in [-0.4, -0.2) is 6.54 Å². The number of anilines is 1. The molecule has 1 rings (SSSR count). The number of hydrogen-bond acceptors (Lipinski definition) is 1. The van der Waals surface area contributed by atoms with Crippen LogP contribution in [-0.2, 0) is 0 Å². The van der Waals surface area contributed by atoms with Crippen molar-refractivity contribution < 1.29 is 0 Å². The summed E-state index contributed by atoms with van der Waals surface area (Å²) in [4.78, 5) is 0. The summed E-state index contributed by atoms with van der Waals surface area (Å²) >= 11 is 7.01. The molecule has 0 fully saturated rings. The predicted octanol–water partition coefficient (Wildman–Crippen LogP) is 5.98. The second-order valence-corrected chi connectivity index (χ2v) is 6.09. The molecular weight excluding hydrogens is 342 g/mol. The quantitative estimate of drug-likeness (QED) is 0.560. The van der Waals surface area contributed by atoms with Crippen molar-refractivity contribution in [2.45, 2.75) is 45.4 Å². The summed E-state index contributed by atoms with van der Waals surface area (Å²) in [5.74, 6) is 0. The Bertz CT molecular complexity index is 326. The van der Waals surface area contributed by atoms with Crippen LogP contribution in [0.15, 0.2) is 27.1 Å². The van der Waals surface area contributed by atoms with E-state index in [4.69, 9.17) is 0 Å². The normalized spacial score (nSPS) is 10.5. The molecule has 0 spiro atoms. The maximum atomic E-state index is 3.56. The van der Waals surface area contributed by atoms with Gasteiger partial charge in [-0.15, -0.1) is 0 Å². The van der Waals surface area contributed by atoms with E-state index in [-0.39, 0.29) is 0 Å². The minimum atomic E-state index is 1.06. The van der Waals surface area contributed by atoms with E-state index in [1.54, 1.807) is 0 Å². The molecule has 17 heavy (non-hydrogen) atoms. The first-order valence-corrected chi connectivity index (χ1v) is 8.01. The van der Waals surface area contributed by atoms with Crippen LogP contribution in [0.2, 0.25) is 0 Å². The zero-order valence-electron chi connectivity index (χ0n) is 10.4. The Hall–Kier alpha value is -0.0200. The Labute approximate surface area is 122 Å². The first kappa shape index (κ1) is 15.0. The second kappa shape index (κ2) is 8.98. The van der Waals surface area contributed by atoms with E-state index in [0.29, 0.717) is 0 Å². The zero-order valence-corrected chi connectivity index (χ0v) is 13.6. The fourth-order valence-corrected chi connectivity index (χ4v) is 2.95. The van der Waals surface area contributed by atoms with Gasteiger partial charge in [0, 0.05) is 21.2 Å². The standard InChI is InChI=1S/C14H21Br2N/c1-2-3-4-5-6-7-10-17-14-9-8-12(15)11-13(14)16/h8-9,11,17H,2-7,10H2,1H3. The summed E-state index contributed by atoms with van der Waals surface area (Å²) in [5, 5.41) is 3.46. The topological polar surface area (TPSA) is 12.0 Å². The summed E-state index contributed by atoms with van der Waals surface area (Å²) in [6, 6.07) is 6.24. The Kier molecular flexibility index (Phi) is 7.95. The fourth-order valence-electron chi connectivity index (χ4n) is 1.76. The monoisotopic (exact) mass is 361 g/mol. The van der Waals surface area contributed by atoms with Gasteiger partial charge < -0.3 is 5.32 Å². The minimum absolute atomic E-state index is 1.06. The Morgan fingerprint density at radius 2 is 1.71 bits per heavy atom. The molecule has 3 heteroatoms. The maximum Gasteiger partial charge on any atom is 0.0485 e. The molecule has 0 aromatic heterocycles.